The van der Waals surface area contributed by atoms with Crippen LogP contribution in [0.2, 0.25) is 0 Å². The van der Waals surface area contributed by atoms with E-state index in [2.05, 4.69) is 20.4 Å². The molecule has 142 valence electrons. The monoisotopic (exact) mass is 388 g/mol. The van der Waals surface area contributed by atoms with Gasteiger partial charge in [-0.1, -0.05) is 11.3 Å². The Kier molecular flexibility index (Phi) is 5.09. The van der Waals surface area contributed by atoms with Crippen molar-refractivity contribution in [1.29, 1.82) is 0 Å². The lowest BCUT2D eigenvalue weighted by molar-refractivity contribution is -0.274. The van der Waals surface area contributed by atoms with Gasteiger partial charge in [0.15, 0.2) is 5.13 Å². The minimum absolute atomic E-state index is 0.0743. The van der Waals surface area contributed by atoms with E-state index in [1.54, 1.807) is 0 Å². The van der Waals surface area contributed by atoms with E-state index < -0.39 is 11.9 Å². The number of carbonyl (C=O) groups is 1. The zero-order valence-electron chi connectivity index (χ0n) is 14.0. The van der Waals surface area contributed by atoms with E-state index in [1.165, 1.54) is 18.2 Å². The number of thiazole rings is 1. The Hall–Kier alpha value is -1.91. The molecule has 10 heteroatoms. The van der Waals surface area contributed by atoms with Crippen LogP contribution in [0.1, 0.15) is 26.2 Å². The number of aromatic nitrogens is 1. The smallest absolute Gasteiger partial charge is 0.406 e. The molecule has 1 aliphatic carbocycles. The maximum Gasteiger partial charge on any atom is 0.573 e. The number of alkyl halides is 3. The molecule has 3 rings (SSSR count). The number of nitrogens with one attached hydrogen (secondary N) is 2. The van der Waals surface area contributed by atoms with Crippen molar-refractivity contribution in [2.24, 2.45) is 5.73 Å². The van der Waals surface area contributed by atoms with Crippen LogP contribution in [0.5, 0.6) is 5.75 Å². The molecule has 1 aliphatic rings. The first-order valence-electron chi connectivity index (χ1n) is 8.15. The number of hydrogen-bond acceptors (Lipinski definition) is 6. The number of halogens is 3. The van der Waals surface area contributed by atoms with Crippen LogP contribution in [-0.4, -0.2) is 35.4 Å². The SMILES string of the molecule is C[C@@H](N)CNC1(C(=O)Nc2nc3ccc(OC(F)(F)F)cc3s2)CCC1. The minimum Gasteiger partial charge on any atom is -0.406 e. The molecular formula is C16H19F3N4O2S. The molecule has 4 N–H and O–H groups in total. The third-order valence-corrected chi connectivity index (χ3v) is 5.15. The molecule has 1 fully saturated rings. The Morgan fingerprint density at radius 2 is 2.19 bits per heavy atom. The highest BCUT2D eigenvalue weighted by atomic mass is 32.1. The summed E-state index contributed by atoms with van der Waals surface area (Å²) in [6.45, 7) is 2.37. The third-order valence-electron chi connectivity index (χ3n) is 4.22. The lowest BCUT2D eigenvalue weighted by Gasteiger charge is -2.41. The van der Waals surface area contributed by atoms with Gasteiger partial charge in [-0.15, -0.1) is 13.2 Å². The molecular weight excluding hydrogens is 369 g/mol. The summed E-state index contributed by atoms with van der Waals surface area (Å²) in [7, 11) is 0. The molecule has 1 saturated carbocycles. The van der Waals surface area contributed by atoms with E-state index in [9.17, 15) is 18.0 Å². The number of nitrogens with two attached hydrogens (primary N) is 1. The Labute approximate surface area is 151 Å². The standard InChI is InChI=1S/C16H19F3N4O2S/c1-9(20)8-21-15(5-2-6-15)13(24)23-14-22-11-4-3-10(7-12(11)26-14)25-16(17,18)19/h3-4,7,9,21H,2,5-6,8,20H2,1H3,(H,22,23,24)/t9-/m1/s1. The van der Waals surface area contributed by atoms with Gasteiger partial charge < -0.3 is 21.1 Å². The fourth-order valence-corrected chi connectivity index (χ4v) is 3.63. The predicted octanol–water partition coefficient (Wildman–Crippen LogP) is 2.99. The van der Waals surface area contributed by atoms with Gasteiger partial charge in [0.05, 0.1) is 15.8 Å². The normalized spacial score (nSPS) is 17.6. The van der Waals surface area contributed by atoms with Crippen molar-refractivity contribution in [3.63, 3.8) is 0 Å². The minimum atomic E-state index is -4.75. The van der Waals surface area contributed by atoms with Crippen LogP contribution in [-0.2, 0) is 4.79 Å². The summed E-state index contributed by atoms with van der Waals surface area (Å²) in [5, 5.41) is 6.32. The van der Waals surface area contributed by atoms with E-state index in [0.717, 1.165) is 17.8 Å². The van der Waals surface area contributed by atoms with E-state index >= 15 is 0 Å². The lowest BCUT2D eigenvalue weighted by atomic mass is 9.76. The van der Waals surface area contributed by atoms with Gasteiger partial charge in [0, 0.05) is 18.7 Å². The number of carbonyl (C=O) groups excluding carboxylic acids is 1. The van der Waals surface area contributed by atoms with Gasteiger partial charge in [0.2, 0.25) is 5.91 Å². The average molecular weight is 388 g/mol. The van der Waals surface area contributed by atoms with Gasteiger partial charge in [0.1, 0.15) is 5.75 Å². The van der Waals surface area contributed by atoms with Gasteiger partial charge >= 0.3 is 6.36 Å². The van der Waals surface area contributed by atoms with Crippen LogP contribution in [0.25, 0.3) is 10.2 Å². The predicted molar refractivity (Wildman–Crippen MR) is 93.2 cm³/mol. The number of anilines is 1. The quantitative estimate of drug-likeness (QED) is 0.708. The number of benzene rings is 1. The summed E-state index contributed by atoms with van der Waals surface area (Å²) in [5.74, 6) is -0.518. The third kappa shape index (κ3) is 4.25. The van der Waals surface area contributed by atoms with Gasteiger partial charge in [0.25, 0.3) is 0 Å². The number of amides is 1. The molecule has 2 aromatic rings. The highest BCUT2D eigenvalue weighted by Gasteiger charge is 2.44. The van der Waals surface area contributed by atoms with Crippen LogP contribution < -0.4 is 21.1 Å². The van der Waals surface area contributed by atoms with Crippen LogP contribution in [0.4, 0.5) is 18.3 Å². The van der Waals surface area contributed by atoms with Crippen molar-refractivity contribution < 1.29 is 22.7 Å². The van der Waals surface area contributed by atoms with Crippen molar-refractivity contribution in [2.45, 2.75) is 44.1 Å². The summed E-state index contributed by atoms with van der Waals surface area (Å²) in [6.07, 6.45) is -2.39. The first-order chi connectivity index (χ1) is 12.2. The second-order valence-electron chi connectivity index (χ2n) is 6.44. The number of ether oxygens (including phenoxy) is 1. The molecule has 0 radical (unpaired) electrons. The summed E-state index contributed by atoms with van der Waals surface area (Å²) < 4.78 is 41.4. The molecule has 1 amide bonds. The number of rotatable bonds is 6. The van der Waals surface area contributed by atoms with E-state index in [1.807, 2.05) is 6.92 Å². The van der Waals surface area contributed by atoms with E-state index in [4.69, 9.17) is 5.73 Å². The Bertz CT molecular complexity index is 802. The Morgan fingerprint density at radius 1 is 1.46 bits per heavy atom. The molecule has 0 unspecified atom stereocenters. The maximum absolute atomic E-state index is 12.6. The summed E-state index contributed by atoms with van der Waals surface area (Å²) >= 11 is 1.10. The molecule has 6 nitrogen and oxygen atoms in total. The van der Waals surface area contributed by atoms with Gasteiger partial charge in [-0.25, -0.2) is 4.98 Å². The van der Waals surface area contributed by atoms with Gasteiger partial charge in [-0.3, -0.25) is 4.79 Å². The maximum atomic E-state index is 12.6. The zero-order chi connectivity index (χ0) is 18.9. The first kappa shape index (κ1) is 18.9. The molecule has 0 saturated heterocycles. The van der Waals surface area contributed by atoms with Crippen molar-refractivity contribution >= 4 is 32.6 Å². The van der Waals surface area contributed by atoms with Gasteiger partial charge in [-0.05, 0) is 38.3 Å². The van der Waals surface area contributed by atoms with Crippen LogP contribution in [0.3, 0.4) is 0 Å². The molecule has 0 aliphatic heterocycles. The molecule has 0 spiro atoms. The number of fused-ring (bicyclic) bond motifs is 1. The number of nitrogens with zero attached hydrogens (tertiary/aromatic N) is 1. The summed E-state index contributed by atoms with van der Waals surface area (Å²) in [4.78, 5) is 16.9. The lowest BCUT2D eigenvalue weighted by Crippen LogP contribution is -2.61. The van der Waals surface area contributed by atoms with Crippen molar-refractivity contribution in [1.82, 2.24) is 10.3 Å². The van der Waals surface area contributed by atoms with Crippen molar-refractivity contribution in [3.05, 3.63) is 18.2 Å². The summed E-state index contributed by atoms with van der Waals surface area (Å²) in [6, 6.07) is 3.80. The first-order valence-corrected chi connectivity index (χ1v) is 8.97. The topological polar surface area (TPSA) is 89.3 Å². The Balaban J connectivity index is 1.73. The van der Waals surface area contributed by atoms with E-state index in [-0.39, 0.29) is 17.7 Å². The second kappa shape index (κ2) is 7.01. The van der Waals surface area contributed by atoms with Crippen LogP contribution in [0.15, 0.2) is 18.2 Å². The highest BCUT2D eigenvalue weighted by Crippen LogP contribution is 2.35. The van der Waals surface area contributed by atoms with Gasteiger partial charge in [-0.2, -0.15) is 0 Å². The molecule has 1 heterocycles. The highest BCUT2D eigenvalue weighted by molar-refractivity contribution is 7.22. The zero-order valence-corrected chi connectivity index (χ0v) is 14.8. The van der Waals surface area contributed by atoms with Crippen LogP contribution in [0, 0.1) is 0 Å². The Morgan fingerprint density at radius 3 is 2.77 bits per heavy atom. The van der Waals surface area contributed by atoms with Crippen LogP contribution >= 0.6 is 11.3 Å². The van der Waals surface area contributed by atoms with E-state index in [0.29, 0.717) is 34.7 Å². The van der Waals surface area contributed by atoms with Crippen molar-refractivity contribution in [2.75, 3.05) is 11.9 Å². The molecule has 1 aromatic carbocycles. The van der Waals surface area contributed by atoms with Crippen molar-refractivity contribution in [3.8, 4) is 5.75 Å². The fourth-order valence-electron chi connectivity index (χ4n) is 2.74. The molecule has 1 aromatic heterocycles. The second-order valence-corrected chi connectivity index (χ2v) is 7.47. The average Bonchev–Trinajstić information content (AvgIpc) is 2.85. The molecule has 1 atom stereocenters. The fraction of sp³-hybridized carbons (Fsp3) is 0.500. The summed E-state index contributed by atoms with van der Waals surface area (Å²) in [5.41, 5.74) is 5.58. The molecule has 26 heavy (non-hydrogen) atoms. The number of hydrogen-bond donors (Lipinski definition) is 3. The largest absolute Gasteiger partial charge is 0.573 e. The molecule has 0 bridgehead atoms.